The van der Waals surface area contributed by atoms with E-state index in [0.717, 1.165) is 42.1 Å². The highest BCUT2D eigenvalue weighted by Crippen LogP contribution is 2.28. The molecule has 0 radical (unpaired) electrons. The number of rotatable bonds is 4. The third-order valence-electron chi connectivity index (χ3n) is 4.30. The second-order valence-corrected chi connectivity index (χ2v) is 6.13. The summed E-state index contributed by atoms with van der Waals surface area (Å²) in [5, 5.41) is 0. The van der Waals surface area contributed by atoms with Crippen molar-refractivity contribution in [3.63, 3.8) is 0 Å². The number of nitrogens with zero attached hydrogens (tertiary/aromatic N) is 1. The number of aryl methyl sites for hydroxylation is 2. The summed E-state index contributed by atoms with van der Waals surface area (Å²) < 4.78 is 19.9. The van der Waals surface area contributed by atoms with E-state index >= 15 is 0 Å². The molecule has 1 aliphatic heterocycles. The summed E-state index contributed by atoms with van der Waals surface area (Å²) in [7, 11) is 0. The first-order valence-electron chi connectivity index (χ1n) is 7.83. The van der Waals surface area contributed by atoms with Crippen LogP contribution in [0.5, 0.6) is 5.75 Å². The Morgan fingerprint density at radius 3 is 2.82 bits per heavy atom. The van der Waals surface area contributed by atoms with Crippen molar-refractivity contribution in [2.24, 2.45) is 5.92 Å². The molecule has 1 unspecified atom stereocenters. The van der Waals surface area contributed by atoms with Crippen LogP contribution in [0.25, 0.3) is 0 Å². The number of halogens is 1. The number of hydrogen-bond donors (Lipinski definition) is 0. The normalized spacial score (nSPS) is 17.8. The summed E-state index contributed by atoms with van der Waals surface area (Å²) in [6.45, 7) is 6.49. The molecule has 116 valence electrons. The summed E-state index contributed by atoms with van der Waals surface area (Å²) in [6.07, 6.45) is 1.04. The Morgan fingerprint density at radius 1 is 1.18 bits per heavy atom. The van der Waals surface area contributed by atoms with E-state index in [9.17, 15) is 4.39 Å². The first-order valence-corrected chi connectivity index (χ1v) is 7.83. The minimum Gasteiger partial charge on any atom is -0.493 e. The lowest BCUT2D eigenvalue weighted by Gasteiger charge is -2.20. The molecular weight excluding hydrogens is 277 g/mol. The molecule has 0 bridgehead atoms. The summed E-state index contributed by atoms with van der Waals surface area (Å²) in [5.41, 5.74) is 2.97. The van der Waals surface area contributed by atoms with Crippen LogP contribution >= 0.6 is 0 Å². The van der Waals surface area contributed by atoms with Crippen LogP contribution in [-0.2, 0) is 0 Å². The van der Waals surface area contributed by atoms with Crippen molar-refractivity contribution in [2.75, 3.05) is 24.6 Å². The van der Waals surface area contributed by atoms with Gasteiger partial charge in [-0.3, -0.25) is 0 Å². The fourth-order valence-electron chi connectivity index (χ4n) is 2.98. The largest absolute Gasteiger partial charge is 0.493 e. The van der Waals surface area contributed by atoms with Gasteiger partial charge < -0.3 is 9.64 Å². The van der Waals surface area contributed by atoms with Gasteiger partial charge in [0.05, 0.1) is 12.3 Å². The number of ether oxygens (including phenoxy) is 1. The third-order valence-corrected chi connectivity index (χ3v) is 4.30. The van der Waals surface area contributed by atoms with Crippen LogP contribution in [-0.4, -0.2) is 19.7 Å². The topological polar surface area (TPSA) is 12.5 Å². The second kappa shape index (κ2) is 6.39. The van der Waals surface area contributed by atoms with E-state index in [-0.39, 0.29) is 5.82 Å². The molecule has 2 aromatic rings. The molecule has 3 rings (SSSR count). The Labute approximate surface area is 131 Å². The van der Waals surface area contributed by atoms with Crippen LogP contribution in [0.15, 0.2) is 42.5 Å². The average molecular weight is 299 g/mol. The van der Waals surface area contributed by atoms with Gasteiger partial charge in [0.2, 0.25) is 0 Å². The van der Waals surface area contributed by atoms with Crippen molar-refractivity contribution in [1.29, 1.82) is 0 Å². The zero-order valence-corrected chi connectivity index (χ0v) is 13.2. The molecule has 2 aromatic carbocycles. The Bertz CT molecular complexity index is 656. The van der Waals surface area contributed by atoms with Crippen LogP contribution in [0.3, 0.4) is 0 Å². The quantitative estimate of drug-likeness (QED) is 0.832. The molecule has 1 aliphatic rings. The predicted octanol–water partition coefficient (Wildman–Crippen LogP) is 4.35. The second-order valence-electron chi connectivity index (χ2n) is 6.13. The SMILES string of the molecule is Cc1ccc(F)c(N2CCC(COc3ccccc3C)C2)c1. The van der Waals surface area contributed by atoms with Gasteiger partial charge in [-0.25, -0.2) is 4.39 Å². The van der Waals surface area contributed by atoms with E-state index in [1.54, 1.807) is 6.07 Å². The summed E-state index contributed by atoms with van der Waals surface area (Å²) in [5.74, 6) is 1.26. The predicted molar refractivity (Wildman–Crippen MR) is 88.1 cm³/mol. The third kappa shape index (κ3) is 3.24. The smallest absolute Gasteiger partial charge is 0.146 e. The van der Waals surface area contributed by atoms with Gasteiger partial charge in [-0.15, -0.1) is 0 Å². The number of hydrogen-bond acceptors (Lipinski definition) is 2. The van der Waals surface area contributed by atoms with Crippen LogP contribution in [0.4, 0.5) is 10.1 Å². The fourth-order valence-corrected chi connectivity index (χ4v) is 2.98. The van der Waals surface area contributed by atoms with Gasteiger partial charge in [0.15, 0.2) is 0 Å². The molecule has 0 spiro atoms. The molecule has 0 aliphatic carbocycles. The van der Waals surface area contributed by atoms with Gasteiger partial charge in [0, 0.05) is 19.0 Å². The lowest BCUT2D eigenvalue weighted by atomic mass is 10.1. The molecule has 1 fully saturated rings. The molecule has 0 aromatic heterocycles. The molecular formula is C19H22FNO. The van der Waals surface area contributed by atoms with E-state index < -0.39 is 0 Å². The van der Waals surface area contributed by atoms with Gasteiger partial charge in [0.25, 0.3) is 0 Å². The molecule has 3 heteroatoms. The van der Waals surface area contributed by atoms with Gasteiger partial charge >= 0.3 is 0 Å². The molecule has 0 N–H and O–H groups in total. The van der Waals surface area contributed by atoms with Gasteiger partial charge in [0.1, 0.15) is 11.6 Å². The minimum atomic E-state index is -0.133. The van der Waals surface area contributed by atoms with Crippen molar-refractivity contribution in [2.45, 2.75) is 20.3 Å². The number of para-hydroxylation sites is 1. The van der Waals surface area contributed by atoms with Crippen molar-refractivity contribution in [3.8, 4) is 5.75 Å². The Balaban J connectivity index is 1.61. The van der Waals surface area contributed by atoms with Crippen molar-refractivity contribution in [3.05, 3.63) is 59.4 Å². The maximum Gasteiger partial charge on any atom is 0.146 e. The van der Waals surface area contributed by atoms with Gasteiger partial charge in [-0.2, -0.15) is 0 Å². The first kappa shape index (κ1) is 14.9. The van der Waals surface area contributed by atoms with E-state index in [4.69, 9.17) is 4.74 Å². The molecule has 0 saturated carbocycles. The van der Waals surface area contributed by atoms with E-state index in [0.29, 0.717) is 12.5 Å². The van der Waals surface area contributed by atoms with Crippen LogP contribution in [0.2, 0.25) is 0 Å². The van der Waals surface area contributed by atoms with Gasteiger partial charge in [-0.05, 0) is 49.6 Å². The van der Waals surface area contributed by atoms with Crippen molar-refractivity contribution >= 4 is 5.69 Å². The van der Waals surface area contributed by atoms with Gasteiger partial charge in [-0.1, -0.05) is 24.3 Å². The zero-order chi connectivity index (χ0) is 15.5. The maximum atomic E-state index is 14.0. The van der Waals surface area contributed by atoms with E-state index in [1.165, 1.54) is 0 Å². The van der Waals surface area contributed by atoms with E-state index in [2.05, 4.69) is 17.9 Å². The molecule has 1 heterocycles. The first-order chi connectivity index (χ1) is 10.6. The van der Waals surface area contributed by atoms with E-state index in [1.807, 2.05) is 37.3 Å². The van der Waals surface area contributed by atoms with Crippen LogP contribution in [0.1, 0.15) is 17.5 Å². The van der Waals surface area contributed by atoms with Crippen molar-refractivity contribution < 1.29 is 9.13 Å². The monoisotopic (exact) mass is 299 g/mol. The number of anilines is 1. The molecule has 2 nitrogen and oxygen atoms in total. The van der Waals surface area contributed by atoms with Crippen LogP contribution < -0.4 is 9.64 Å². The lowest BCUT2D eigenvalue weighted by molar-refractivity contribution is 0.259. The summed E-state index contributed by atoms with van der Waals surface area (Å²) in [4.78, 5) is 2.13. The molecule has 1 atom stereocenters. The number of benzene rings is 2. The molecule has 22 heavy (non-hydrogen) atoms. The minimum absolute atomic E-state index is 0.133. The summed E-state index contributed by atoms with van der Waals surface area (Å²) in [6, 6.07) is 13.4. The van der Waals surface area contributed by atoms with Crippen LogP contribution in [0, 0.1) is 25.6 Å². The fraction of sp³-hybridized carbons (Fsp3) is 0.368. The highest BCUT2D eigenvalue weighted by Gasteiger charge is 2.25. The Kier molecular flexibility index (Phi) is 4.32. The Morgan fingerprint density at radius 2 is 2.00 bits per heavy atom. The Hall–Kier alpha value is -2.03. The zero-order valence-electron chi connectivity index (χ0n) is 13.2. The molecule has 1 saturated heterocycles. The highest BCUT2D eigenvalue weighted by molar-refractivity contribution is 5.50. The maximum absolute atomic E-state index is 14.0. The highest BCUT2D eigenvalue weighted by atomic mass is 19.1. The lowest BCUT2D eigenvalue weighted by Crippen LogP contribution is -2.23. The standard InChI is InChI=1S/C19H22FNO/c1-14-7-8-17(20)18(11-14)21-10-9-16(12-21)13-22-19-6-4-3-5-15(19)2/h3-8,11,16H,9-10,12-13H2,1-2H3. The summed E-state index contributed by atoms with van der Waals surface area (Å²) >= 11 is 0. The molecule has 0 amide bonds. The average Bonchev–Trinajstić information content (AvgIpc) is 2.98. The van der Waals surface area contributed by atoms with Crippen molar-refractivity contribution in [1.82, 2.24) is 0 Å².